The van der Waals surface area contributed by atoms with Crippen molar-refractivity contribution in [2.45, 2.75) is 18.4 Å². The smallest absolute Gasteiger partial charge is 0.195 e. The predicted octanol–water partition coefficient (Wildman–Crippen LogP) is 1.78. The number of hydrogen-bond donors (Lipinski definition) is 1. The maximum absolute atomic E-state index is 13.2. The maximum Gasteiger partial charge on any atom is 0.195 e. The summed E-state index contributed by atoms with van der Waals surface area (Å²) in [5.41, 5.74) is 3.99. The van der Waals surface area contributed by atoms with E-state index in [2.05, 4.69) is 0 Å². The predicted molar refractivity (Wildman–Crippen MR) is 46.8 cm³/mol. The second-order valence-corrected chi connectivity index (χ2v) is 3.71. The van der Waals surface area contributed by atoms with Crippen LogP contribution in [0.4, 0.5) is 13.2 Å². The molecule has 2 nitrogen and oxygen atoms in total. The van der Waals surface area contributed by atoms with Gasteiger partial charge < -0.3 is 5.73 Å². The Morgan fingerprint density at radius 1 is 1.20 bits per heavy atom. The molecule has 1 aliphatic carbocycles. The number of Topliss-reactive ketones (excluding diaryl/α,β-unsaturated/α-hetero) is 1. The molecule has 0 unspecified atom stereocenters. The van der Waals surface area contributed by atoms with Crippen LogP contribution in [0.3, 0.4) is 0 Å². The van der Waals surface area contributed by atoms with E-state index < -0.39 is 34.3 Å². The van der Waals surface area contributed by atoms with Gasteiger partial charge in [-0.05, 0) is 25.0 Å². The number of hydrogen-bond acceptors (Lipinski definition) is 2. The second kappa shape index (κ2) is 3.06. The van der Waals surface area contributed by atoms with Crippen molar-refractivity contribution in [1.29, 1.82) is 0 Å². The van der Waals surface area contributed by atoms with Gasteiger partial charge in [0.05, 0.1) is 11.1 Å². The summed E-state index contributed by atoms with van der Waals surface area (Å²) in [5.74, 6) is -5.08. The molecular weight excluding hydrogens is 207 g/mol. The summed E-state index contributed by atoms with van der Waals surface area (Å²) in [6, 6.07) is 1.64. The number of rotatable bonds is 2. The highest BCUT2D eigenvalue weighted by Gasteiger charge is 2.47. The van der Waals surface area contributed by atoms with E-state index >= 15 is 0 Å². The highest BCUT2D eigenvalue weighted by atomic mass is 19.2. The zero-order chi connectivity index (χ0) is 11.2. The van der Waals surface area contributed by atoms with Gasteiger partial charge in [-0.15, -0.1) is 0 Å². The molecule has 1 saturated carbocycles. The lowest BCUT2D eigenvalue weighted by Gasteiger charge is -2.08. The molecule has 1 aromatic carbocycles. The summed E-state index contributed by atoms with van der Waals surface area (Å²) < 4.78 is 38.6. The van der Waals surface area contributed by atoms with Gasteiger partial charge >= 0.3 is 0 Å². The Balaban J connectivity index is 2.45. The summed E-state index contributed by atoms with van der Waals surface area (Å²) in [6.45, 7) is 0. The Morgan fingerprint density at radius 2 is 1.80 bits per heavy atom. The van der Waals surface area contributed by atoms with E-state index in [9.17, 15) is 18.0 Å². The van der Waals surface area contributed by atoms with Crippen LogP contribution in [0.1, 0.15) is 23.2 Å². The van der Waals surface area contributed by atoms with Gasteiger partial charge in [0.25, 0.3) is 0 Å². The van der Waals surface area contributed by atoms with Crippen LogP contribution in [-0.2, 0) is 0 Å². The molecule has 0 amide bonds. The van der Waals surface area contributed by atoms with Crippen LogP contribution in [0.25, 0.3) is 0 Å². The van der Waals surface area contributed by atoms with Crippen molar-refractivity contribution < 1.29 is 18.0 Å². The molecule has 0 saturated heterocycles. The molecule has 80 valence electrons. The first-order valence-electron chi connectivity index (χ1n) is 4.43. The average Bonchev–Trinajstić information content (AvgIpc) is 2.94. The SMILES string of the molecule is NC1(C(=O)c2ccc(F)c(F)c2F)CC1. The van der Waals surface area contributed by atoms with Crippen LogP contribution < -0.4 is 5.73 Å². The Morgan fingerprint density at radius 3 is 2.33 bits per heavy atom. The van der Waals surface area contributed by atoms with E-state index in [0.717, 1.165) is 12.1 Å². The number of carbonyl (C=O) groups is 1. The van der Waals surface area contributed by atoms with E-state index in [0.29, 0.717) is 12.8 Å². The molecule has 0 aromatic heterocycles. The summed E-state index contributed by atoms with van der Waals surface area (Å²) in [5, 5.41) is 0. The van der Waals surface area contributed by atoms with E-state index in [1.807, 2.05) is 0 Å². The molecule has 1 fully saturated rings. The van der Waals surface area contributed by atoms with Crippen molar-refractivity contribution in [3.8, 4) is 0 Å². The zero-order valence-corrected chi connectivity index (χ0v) is 7.69. The highest BCUT2D eigenvalue weighted by Crippen LogP contribution is 2.36. The molecule has 2 N–H and O–H groups in total. The van der Waals surface area contributed by atoms with Gasteiger partial charge in [0, 0.05) is 0 Å². The minimum atomic E-state index is -1.63. The molecule has 1 aromatic rings. The van der Waals surface area contributed by atoms with Gasteiger partial charge in [-0.2, -0.15) is 0 Å². The summed E-state index contributed by atoms with van der Waals surface area (Å²) in [6.07, 6.45) is 0.897. The first-order chi connectivity index (χ1) is 6.96. The van der Waals surface area contributed by atoms with E-state index in [1.165, 1.54) is 0 Å². The fraction of sp³-hybridized carbons (Fsp3) is 0.300. The topological polar surface area (TPSA) is 43.1 Å². The molecule has 1 aliphatic rings. The third kappa shape index (κ3) is 1.52. The maximum atomic E-state index is 13.2. The third-order valence-electron chi connectivity index (χ3n) is 2.52. The number of benzene rings is 1. The summed E-state index contributed by atoms with van der Waals surface area (Å²) in [7, 11) is 0. The third-order valence-corrected chi connectivity index (χ3v) is 2.52. The van der Waals surface area contributed by atoms with Crippen molar-refractivity contribution in [1.82, 2.24) is 0 Å². The van der Waals surface area contributed by atoms with Crippen molar-refractivity contribution in [2.24, 2.45) is 5.73 Å². The molecule has 5 heteroatoms. The number of ketones is 1. The van der Waals surface area contributed by atoms with E-state index in [4.69, 9.17) is 5.73 Å². The average molecular weight is 215 g/mol. The van der Waals surface area contributed by atoms with Crippen molar-refractivity contribution in [3.63, 3.8) is 0 Å². The lowest BCUT2D eigenvalue weighted by atomic mass is 10.0. The van der Waals surface area contributed by atoms with E-state index in [1.54, 1.807) is 0 Å². The number of nitrogens with two attached hydrogens (primary N) is 1. The van der Waals surface area contributed by atoms with Crippen LogP contribution in [0, 0.1) is 17.5 Å². The van der Waals surface area contributed by atoms with Crippen LogP contribution in [0.15, 0.2) is 12.1 Å². The first-order valence-corrected chi connectivity index (χ1v) is 4.43. The largest absolute Gasteiger partial charge is 0.319 e. The summed E-state index contributed by atoms with van der Waals surface area (Å²) in [4.78, 5) is 11.6. The Labute approximate surface area is 83.9 Å². The molecule has 0 aliphatic heterocycles. The molecule has 0 bridgehead atoms. The number of halogens is 3. The van der Waals surface area contributed by atoms with Gasteiger partial charge in [-0.3, -0.25) is 4.79 Å². The number of carbonyl (C=O) groups excluding carboxylic acids is 1. The molecule has 15 heavy (non-hydrogen) atoms. The van der Waals surface area contributed by atoms with Gasteiger partial charge in [-0.1, -0.05) is 0 Å². The van der Waals surface area contributed by atoms with Gasteiger partial charge in [-0.25, -0.2) is 13.2 Å². The van der Waals surface area contributed by atoms with Crippen molar-refractivity contribution in [2.75, 3.05) is 0 Å². The van der Waals surface area contributed by atoms with Crippen LogP contribution in [0.5, 0.6) is 0 Å². The van der Waals surface area contributed by atoms with Crippen LogP contribution in [-0.4, -0.2) is 11.3 Å². The fourth-order valence-electron chi connectivity index (χ4n) is 1.33. The molecular formula is C10H8F3NO. The minimum Gasteiger partial charge on any atom is -0.319 e. The Kier molecular flexibility index (Phi) is 2.08. The molecule has 0 atom stereocenters. The lowest BCUT2D eigenvalue weighted by Crippen LogP contribution is -2.33. The Bertz CT molecular complexity index is 441. The lowest BCUT2D eigenvalue weighted by molar-refractivity contribution is 0.0944. The van der Waals surface area contributed by atoms with Crippen LogP contribution in [0.2, 0.25) is 0 Å². The quantitative estimate of drug-likeness (QED) is 0.603. The van der Waals surface area contributed by atoms with Crippen molar-refractivity contribution >= 4 is 5.78 Å². The summed E-state index contributed by atoms with van der Waals surface area (Å²) >= 11 is 0. The minimum absolute atomic E-state index is 0.449. The zero-order valence-electron chi connectivity index (χ0n) is 7.69. The second-order valence-electron chi connectivity index (χ2n) is 3.71. The first kappa shape index (κ1) is 10.2. The molecule has 2 rings (SSSR count). The normalized spacial score (nSPS) is 17.6. The van der Waals surface area contributed by atoms with Crippen LogP contribution >= 0.6 is 0 Å². The fourth-order valence-corrected chi connectivity index (χ4v) is 1.33. The van der Waals surface area contributed by atoms with E-state index in [-0.39, 0.29) is 0 Å². The Hall–Kier alpha value is -1.36. The van der Waals surface area contributed by atoms with Crippen molar-refractivity contribution in [3.05, 3.63) is 35.1 Å². The van der Waals surface area contributed by atoms with Gasteiger partial charge in [0.1, 0.15) is 0 Å². The van der Waals surface area contributed by atoms with Gasteiger partial charge in [0.2, 0.25) is 0 Å². The molecule has 0 heterocycles. The molecule has 0 spiro atoms. The van der Waals surface area contributed by atoms with Gasteiger partial charge in [0.15, 0.2) is 23.2 Å². The highest BCUT2D eigenvalue weighted by molar-refractivity contribution is 6.05. The monoisotopic (exact) mass is 215 g/mol. The molecule has 0 radical (unpaired) electrons. The standard InChI is InChI=1S/C10H8F3NO/c11-6-2-1-5(7(12)8(6)13)9(15)10(14)3-4-10/h1-2H,3-4,14H2.